The van der Waals surface area contributed by atoms with Gasteiger partial charge in [-0.2, -0.15) is 0 Å². The van der Waals surface area contributed by atoms with Crippen molar-refractivity contribution in [2.24, 2.45) is 5.92 Å². The lowest BCUT2D eigenvalue weighted by Gasteiger charge is -2.23. The number of hydrogen-bond acceptors (Lipinski definition) is 2. The molecule has 0 amide bonds. The summed E-state index contributed by atoms with van der Waals surface area (Å²) in [6.07, 6.45) is 4.29. The molecule has 0 radical (unpaired) electrons. The van der Waals surface area contributed by atoms with Crippen LogP contribution in [0.4, 0.5) is 0 Å². The number of benzene rings is 2. The Hall–Kier alpha value is -2.29. The van der Waals surface area contributed by atoms with Crippen LogP contribution in [-0.2, 0) is 11.2 Å². The lowest BCUT2D eigenvalue weighted by atomic mass is 9.83. The maximum Gasteiger partial charge on any atom is 0.310 e. The molecule has 0 saturated heterocycles. The molecule has 0 heterocycles. The summed E-state index contributed by atoms with van der Waals surface area (Å²) in [6, 6.07) is 10.3. The molecule has 1 atom stereocenters. The van der Waals surface area contributed by atoms with Crippen LogP contribution in [0.5, 0.6) is 5.75 Å². The Kier molecular flexibility index (Phi) is 3.88. The van der Waals surface area contributed by atoms with Crippen LogP contribution in [0.15, 0.2) is 36.4 Å². The maximum absolute atomic E-state index is 11.3. The molecule has 0 fully saturated rings. The van der Waals surface area contributed by atoms with Crippen molar-refractivity contribution < 1.29 is 14.6 Å². The van der Waals surface area contributed by atoms with E-state index in [2.05, 4.69) is 18.2 Å². The first-order chi connectivity index (χ1) is 10.7. The molecular weight excluding hydrogens is 276 g/mol. The number of rotatable bonds is 4. The zero-order valence-corrected chi connectivity index (χ0v) is 12.9. The van der Waals surface area contributed by atoms with Crippen molar-refractivity contribution in [3.63, 3.8) is 0 Å². The minimum Gasteiger partial charge on any atom is -0.496 e. The van der Waals surface area contributed by atoms with E-state index in [4.69, 9.17) is 4.74 Å². The highest BCUT2D eigenvalue weighted by molar-refractivity contribution is 5.99. The van der Waals surface area contributed by atoms with Crippen molar-refractivity contribution in [2.75, 3.05) is 7.11 Å². The van der Waals surface area contributed by atoms with Crippen LogP contribution in [0.25, 0.3) is 16.3 Å². The van der Waals surface area contributed by atoms with Gasteiger partial charge in [0, 0.05) is 5.56 Å². The summed E-state index contributed by atoms with van der Waals surface area (Å²) in [4.78, 5) is 11.3. The molecule has 2 aromatic rings. The van der Waals surface area contributed by atoms with E-state index in [0.717, 1.165) is 29.7 Å². The third-order valence-corrected chi connectivity index (χ3v) is 4.48. The maximum atomic E-state index is 11.3. The first-order valence-corrected chi connectivity index (χ1v) is 7.68. The van der Waals surface area contributed by atoms with Gasteiger partial charge in [0.2, 0.25) is 0 Å². The lowest BCUT2D eigenvalue weighted by molar-refractivity contribution is -0.140. The van der Waals surface area contributed by atoms with E-state index in [-0.39, 0.29) is 0 Å². The SMILES string of the molecule is CCC(C=C1CCc2c(OC)ccc3cccc1c23)C(=O)O. The van der Waals surface area contributed by atoms with Crippen LogP contribution in [-0.4, -0.2) is 18.2 Å². The van der Waals surface area contributed by atoms with Crippen LogP contribution in [0.1, 0.15) is 30.9 Å². The zero-order valence-electron chi connectivity index (χ0n) is 12.9. The lowest BCUT2D eigenvalue weighted by Crippen LogP contribution is -2.11. The van der Waals surface area contributed by atoms with E-state index in [9.17, 15) is 9.90 Å². The van der Waals surface area contributed by atoms with Crippen LogP contribution in [0.3, 0.4) is 0 Å². The molecule has 1 aliphatic rings. The Morgan fingerprint density at radius 3 is 2.82 bits per heavy atom. The minimum absolute atomic E-state index is 0.419. The monoisotopic (exact) mass is 296 g/mol. The summed E-state index contributed by atoms with van der Waals surface area (Å²) in [5.74, 6) is -0.250. The molecule has 0 saturated carbocycles. The molecular formula is C19H20O3. The van der Waals surface area contributed by atoms with Crippen molar-refractivity contribution in [2.45, 2.75) is 26.2 Å². The number of methoxy groups -OCH3 is 1. The van der Waals surface area contributed by atoms with Gasteiger partial charge in [-0.25, -0.2) is 0 Å². The number of carboxylic acids is 1. The van der Waals surface area contributed by atoms with Gasteiger partial charge in [0.25, 0.3) is 0 Å². The smallest absolute Gasteiger partial charge is 0.310 e. The fraction of sp³-hybridized carbons (Fsp3) is 0.316. The molecule has 0 spiro atoms. The van der Waals surface area contributed by atoms with Gasteiger partial charge in [-0.05, 0) is 47.2 Å². The molecule has 0 bridgehead atoms. The standard InChI is InChI=1S/C19H20O3/c1-3-12(19(20)21)11-14-7-9-16-17(22-2)10-8-13-5-4-6-15(14)18(13)16/h4-6,8,10-12H,3,7,9H2,1-2H3,(H,20,21). The number of ether oxygens (including phenoxy) is 1. The summed E-state index contributed by atoms with van der Waals surface area (Å²) >= 11 is 0. The molecule has 1 unspecified atom stereocenters. The molecule has 0 aromatic heterocycles. The quantitative estimate of drug-likeness (QED) is 0.915. The number of allylic oxidation sites excluding steroid dienone is 1. The summed E-state index contributed by atoms with van der Waals surface area (Å²) in [5, 5.41) is 11.7. The first kappa shape index (κ1) is 14.6. The highest BCUT2D eigenvalue weighted by Gasteiger charge is 2.21. The van der Waals surface area contributed by atoms with Crippen molar-refractivity contribution >= 4 is 22.3 Å². The van der Waals surface area contributed by atoms with E-state index in [1.807, 2.05) is 25.1 Å². The Morgan fingerprint density at radius 1 is 1.32 bits per heavy atom. The Bertz CT molecular complexity index is 759. The molecule has 3 rings (SSSR count). The second-order valence-corrected chi connectivity index (χ2v) is 5.69. The first-order valence-electron chi connectivity index (χ1n) is 7.68. The number of aryl methyl sites for hydroxylation is 1. The molecule has 1 aliphatic carbocycles. The largest absolute Gasteiger partial charge is 0.496 e. The van der Waals surface area contributed by atoms with Crippen LogP contribution in [0, 0.1) is 5.92 Å². The third-order valence-electron chi connectivity index (χ3n) is 4.48. The third kappa shape index (κ3) is 2.37. The second kappa shape index (κ2) is 5.84. The van der Waals surface area contributed by atoms with Gasteiger partial charge in [0.05, 0.1) is 13.0 Å². The van der Waals surface area contributed by atoms with Gasteiger partial charge in [-0.15, -0.1) is 0 Å². The topological polar surface area (TPSA) is 46.5 Å². The van der Waals surface area contributed by atoms with Gasteiger partial charge in [-0.3, -0.25) is 4.79 Å². The number of carboxylic acid groups (broad SMARTS) is 1. The van der Waals surface area contributed by atoms with Crippen LogP contribution >= 0.6 is 0 Å². The minimum atomic E-state index is -0.751. The van der Waals surface area contributed by atoms with E-state index in [1.165, 1.54) is 16.3 Å². The molecule has 3 heteroatoms. The highest BCUT2D eigenvalue weighted by Crippen LogP contribution is 2.40. The molecule has 114 valence electrons. The molecule has 0 aliphatic heterocycles. The average molecular weight is 296 g/mol. The van der Waals surface area contributed by atoms with Crippen LogP contribution < -0.4 is 4.74 Å². The summed E-state index contributed by atoms with van der Waals surface area (Å²) in [7, 11) is 1.70. The summed E-state index contributed by atoms with van der Waals surface area (Å²) in [5.41, 5.74) is 3.52. The number of hydrogen-bond donors (Lipinski definition) is 1. The second-order valence-electron chi connectivity index (χ2n) is 5.69. The van der Waals surface area contributed by atoms with Crippen molar-refractivity contribution in [3.05, 3.63) is 47.5 Å². The molecule has 1 N–H and O–H groups in total. The van der Waals surface area contributed by atoms with E-state index >= 15 is 0 Å². The fourth-order valence-electron chi connectivity index (χ4n) is 3.32. The highest BCUT2D eigenvalue weighted by atomic mass is 16.5. The Balaban J connectivity index is 2.20. The normalized spacial score (nSPS) is 16.7. The summed E-state index contributed by atoms with van der Waals surface area (Å²) < 4.78 is 5.50. The molecule has 22 heavy (non-hydrogen) atoms. The van der Waals surface area contributed by atoms with E-state index < -0.39 is 11.9 Å². The zero-order chi connectivity index (χ0) is 15.7. The fourth-order valence-corrected chi connectivity index (χ4v) is 3.32. The van der Waals surface area contributed by atoms with Crippen molar-refractivity contribution in [1.29, 1.82) is 0 Å². The van der Waals surface area contributed by atoms with Crippen molar-refractivity contribution in [3.8, 4) is 5.75 Å². The van der Waals surface area contributed by atoms with E-state index in [1.54, 1.807) is 7.11 Å². The van der Waals surface area contributed by atoms with E-state index in [0.29, 0.717) is 6.42 Å². The Labute approximate surface area is 130 Å². The van der Waals surface area contributed by atoms with Crippen molar-refractivity contribution in [1.82, 2.24) is 0 Å². The van der Waals surface area contributed by atoms with Gasteiger partial charge in [-0.1, -0.05) is 37.3 Å². The average Bonchev–Trinajstić information content (AvgIpc) is 2.54. The molecule has 3 nitrogen and oxygen atoms in total. The number of aliphatic carboxylic acids is 1. The predicted octanol–water partition coefficient (Wildman–Crippen LogP) is 4.29. The molecule has 2 aromatic carbocycles. The predicted molar refractivity (Wildman–Crippen MR) is 88.2 cm³/mol. The van der Waals surface area contributed by atoms with Gasteiger partial charge < -0.3 is 9.84 Å². The summed E-state index contributed by atoms with van der Waals surface area (Å²) in [6.45, 7) is 1.91. The Morgan fingerprint density at radius 2 is 2.14 bits per heavy atom. The van der Waals surface area contributed by atoms with Gasteiger partial charge >= 0.3 is 5.97 Å². The van der Waals surface area contributed by atoms with Gasteiger partial charge in [0.15, 0.2) is 0 Å². The number of carbonyl (C=O) groups is 1. The van der Waals surface area contributed by atoms with Gasteiger partial charge in [0.1, 0.15) is 5.75 Å². The van der Waals surface area contributed by atoms with Crippen LogP contribution in [0.2, 0.25) is 0 Å².